The third kappa shape index (κ3) is 2.86. The van der Waals surface area contributed by atoms with Crippen LogP contribution in [0.5, 0.6) is 0 Å². The smallest absolute Gasteiger partial charge is 0.185 e. The van der Waals surface area contributed by atoms with Crippen LogP contribution < -0.4 is 10.2 Å². The summed E-state index contributed by atoms with van der Waals surface area (Å²) in [4.78, 5) is 8.78. The van der Waals surface area contributed by atoms with E-state index in [0.717, 1.165) is 26.1 Å². The Balaban J connectivity index is 2.20. The summed E-state index contributed by atoms with van der Waals surface area (Å²) < 4.78 is 0. The van der Waals surface area contributed by atoms with E-state index >= 15 is 0 Å². The lowest BCUT2D eigenvalue weighted by Crippen LogP contribution is -2.23. The van der Waals surface area contributed by atoms with Gasteiger partial charge in [-0.05, 0) is 39.2 Å². The molecule has 0 saturated heterocycles. The molecule has 1 N–H and O–H groups in total. The predicted octanol–water partition coefficient (Wildman–Crippen LogP) is 3.37. The van der Waals surface area contributed by atoms with Crippen molar-refractivity contribution in [3.63, 3.8) is 0 Å². The van der Waals surface area contributed by atoms with Gasteiger partial charge >= 0.3 is 0 Å². The number of hydrogen-bond donors (Lipinski definition) is 1. The van der Waals surface area contributed by atoms with Gasteiger partial charge in [0.1, 0.15) is 0 Å². The summed E-state index contributed by atoms with van der Waals surface area (Å²) in [7, 11) is 0. The third-order valence-corrected chi connectivity index (χ3v) is 4.81. The maximum atomic E-state index is 4.88. The average Bonchev–Trinajstić information content (AvgIpc) is 2.81. The number of fused-ring (bicyclic) bond motifs is 1. The van der Waals surface area contributed by atoms with E-state index in [4.69, 9.17) is 4.98 Å². The van der Waals surface area contributed by atoms with Gasteiger partial charge in [0.05, 0.1) is 5.69 Å². The highest BCUT2D eigenvalue weighted by Crippen LogP contribution is 2.37. The highest BCUT2D eigenvalue weighted by atomic mass is 32.1. The van der Waals surface area contributed by atoms with Crippen LogP contribution in [0.4, 0.5) is 5.13 Å². The number of aryl methyl sites for hydroxylation is 1. The zero-order chi connectivity index (χ0) is 13.0. The SMILES string of the molecule is CCCN(CC)c1nc2c(s1)C(NCC)CCC2. The molecular formula is C14H25N3S. The molecule has 1 aliphatic carbocycles. The van der Waals surface area contributed by atoms with Gasteiger partial charge in [0.2, 0.25) is 0 Å². The van der Waals surface area contributed by atoms with Crippen molar-refractivity contribution in [2.45, 2.75) is 52.5 Å². The maximum Gasteiger partial charge on any atom is 0.185 e. The molecule has 2 rings (SSSR count). The molecule has 0 radical (unpaired) electrons. The number of nitrogens with one attached hydrogen (secondary N) is 1. The molecule has 4 heteroatoms. The number of hydrogen-bond acceptors (Lipinski definition) is 4. The molecule has 102 valence electrons. The molecule has 0 amide bonds. The predicted molar refractivity (Wildman–Crippen MR) is 79.6 cm³/mol. The van der Waals surface area contributed by atoms with Crippen molar-refractivity contribution >= 4 is 16.5 Å². The van der Waals surface area contributed by atoms with Gasteiger partial charge < -0.3 is 10.2 Å². The molecule has 0 fully saturated rings. The van der Waals surface area contributed by atoms with Crippen LogP contribution in [0.1, 0.15) is 56.6 Å². The molecule has 0 aliphatic heterocycles. The fourth-order valence-corrected chi connectivity index (χ4v) is 3.95. The number of rotatable bonds is 6. The Morgan fingerprint density at radius 3 is 2.89 bits per heavy atom. The quantitative estimate of drug-likeness (QED) is 0.856. The fourth-order valence-electron chi connectivity index (χ4n) is 2.64. The molecular weight excluding hydrogens is 242 g/mol. The zero-order valence-electron chi connectivity index (χ0n) is 11.8. The van der Waals surface area contributed by atoms with E-state index in [-0.39, 0.29) is 0 Å². The van der Waals surface area contributed by atoms with Gasteiger partial charge in [-0.15, -0.1) is 0 Å². The minimum absolute atomic E-state index is 0.547. The van der Waals surface area contributed by atoms with Gasteiger partial charge in [-0.3, -0.25) is 0 Å². The number of aromatic nitrogens is 1. The highest BCUT2D eigenvalue weighted by Gasteiger charge is 2.25. The average molecular weight is 267 g/mol. The monoisotopic (exact) mass is 267 g/mol. The summed E-state index contributed by atoms with van der Waals surface area (Å²) >= 11 is 1.91. The topological polar surface area (TPSA) is 28.2 Å². The van der Waals surface area contributed by atoms with Crippen molar-refractivity contribution < 1.29 is 0 Å². The first-order valence-corrected chi connectivity index (χ1v) is 8.09. The summed E-state index contributed by atoms with van der Waals surface area (Å²) in [5.74, 6) is 0. The molecule has 1 aromatic rings. The van der Waals surface area contributed by atoms with Crippen LogP contribution in [0.3, 0.4) is 0 Å². The molecule has 18 heavy (non-hydrogen) atoms. The first-order valence-electron chi connectivity index (χ1n) is 7.28. The van der Waals surface area contributed by atoms with Crippen LogP contribution in [0.25, 0.3) is 0 Å². The van der Waals surface area contributed by atoms with Crippen LogP contribution in [0.2, 0.25) is 0 Å². The molecule has 1 aromatic heterocycles. The van der Waals surface area contributed by atoms with E-state index in [1.165, 1.54) is 35.0 Å². The van der Waals surface area contributed by atoms with Gasteiger partial charge in [-0.25, -0.2) is 4.98 Å². The number of thiazole rings is 1. The van der Waals surface area contributed by atoms with E-state index in [9.17, 15) is 0 Å². The Bertz CT molecular complexity index is 375. The summed E-state index contributed by atoms with van der Waals surface area (Å²) in [5, 5.41) is 4.83. The minimum atomic E-state index is 0.547. The van der Waals surface area contributed by atoms with E-state index in [0.29, 0.717) is 6.04 Å². The normalized spacial score (nSPS) is 18.7. The Morgan fingerprint density at radius 1 is 1.39 bits per heavy atom. The fraction of sp³-hybridized carbons (Fsp3) is 0.786. The standard InChI is InChI=1S/C14H25N3S/c1-4-10-17(6-3)14-16-12-9-7-8-11(15-5-2)13(12)18-14/h11,15H,4-10H2,1-3H3. The summed E-state index contributed by atoms with van der Waals surface area (Å²) in [5.41, 5.74) is 1.35. The first-order chi connectivity index (χ1) is 8.80. The Kier molecular flexibility index (Phi) is 5.01. The lowest BCUT2D eigenvalue weighted by Gasteiger charge is -2.21. The van der Waals surface area contributed by atoms with E-state index in [1.54, 1.807) is 0 Å². The van der Waals surface area contributed by atoms with Crippen molar-refractivity contribution in [3.8, 4) is 0 Å². The van der Waals surface area contributed by atoms with Crippen molar-refractivity contribution in [2.24, 2.45) is 0 Å². The second-order valence-corrected chi connectivity index (χ2v) is 5.90. The van der Waals surface area contributed by atoms with Crippen molar-refractivity contribution in [2.75, 3.05) is 24.5 Å². The second kappa shape index (κ2) is 6.53. The van der Waals surface area contributed by atoms with E-state index < -0.39 is 0 Å². The molecule has 0 aromatic carbocycles. The van der Waals surface area contributed by atoms with Gasteiger partial charge in [-0.1, -0.05) is 25.2 Å². The molecule has 0 bridgehead atoms. The largest absolute Gasteiger partial charge is 0.348 e. The van der Waals surface area contributed by atoms with Gasteiger partial charge in [-0.2, -0.15) is 0 Å². The maximum absolute atomic E-state index is 4.88. The van der Waals surface area contributed by atoms with Crippen LogP contribution in [-0.4, -0.2) is 24.6 Å². The zero-order valence-corrected chi connectivity index (χ0v) is 12.6. The lowest BCUT2D eigenvalue weighted by atomic mass is 9.98. The van der Waals surface area contributed by atoms with Gasteiger partial charge in [0.25, 0.3) is 0 Å². The van der Waals surface area contributed by atoms with Crippen LogP contribution in [0, 0.1) is 0 Å². The van der Waals surface area contributed by atoms with E-state index in [1.807, 2.05) is 11.3 Å². The molecule has 3 nitrogen and oxygen atoms in total. The van der Waals surface area contributed by atoms with Crippen molar-refractivity contribution in [3.05, 3.63) is 10.6 Å². The lowest BCUT2D eigenvalue weighted by molar-refractivity contribution is 0.476. The van der Waals surface area contributed by atoms with Gasteiger partial charge in [0.15, 0.2) is 5.13 Å². The van der Waals surface area contributed by atoms with Crippen LogP contribution in [-0.2, 0) is 6.42 Å². The molecule has 0 saturated carbocycles. The Hall–Kier alpha value is -0.610. The molecule has 1 aliphatic rings. The highest BCUT2D eigenvalue weighted by molar-refractivity contribution is 7.15. The second-order valence-electron chi connectivity index (χ2n) is 4.89. The third-order valence-electron chi connectivity index (χ3n) is 3.54. The van der Waals surface area contributed by atoms with Crippen molar-refractivity contribution in [1.82, 2.24) is 10.3 Å². The summed E-state index contributed by atoms with van der Waals surface area (Å²) in [6, 6.07) is 0.547. The minimum Gasteiger partial charge on any atom is -0.348 e. The van der Waals surface area contributed by atoms with Crippen molar-refractivity contribution in [1.29, 1.82) is 0 Å². The van der Waals surface area contributed by atoms with Crippen LogP contribution in [0.15, 0.2) is 0 Å². The van der Waals surface area contributed by atoms with Crippen LogP contribution >= 0.6 is 11.3 Å². The number of nitrogens with zero attached hydrogens (tertiary/aromatic N) is 2. The Morgan fingerprint density at radius 2 is 2.22 bits per heavy atom. The summed E-state index contributed by atoms with van der Waals surface area (Å²) in [6.45, 7) is 9.87. The number of anilines is 1. The molecule has 1 unspecified atom stereocenters. The first kappa shape index (κ1) is 13.8. The molecule has 0 spiro atoms. The molecule has 1 heterocycles. The Labute approximate surface area is 115 Å². The van der Waals surface area contributed by atoms with E-state index in [2.05, 4.69) is 31.0 Å². The molecule has 1 atom stereocenters. The van der Waals surface area contributed by atoms with Gasteiger partial charge in [0, 0.05) is 24.0 Å². The summed E-state index contributed by atoms with van der Waals surface area (Å²) in [6.07, 6.45) is 4.89.